The molecule has 4 heteroatoms. The maximum Gasteiger partial charge on any atom is 0.332 e. The Morgan fingerprint density at radius 1 is 0.850 bits per heavy atom. The highest BCUT2D eigenvalue weighted by Crippen LogP contribution is 2.22. The van der Waals surface area contributed by atoms with E-state index in [4.69, 9.17) is 0 Å². The van der Waals surface area contributed by atoms with Crippen molar-refractivity contribution in [3.8, 4) is 0 Å². The van der Waals surface area contributed by atoms with Gasteiger partial charge in [-0.1, -0.05) is 48.5 Å². The molecule has 3 rings (SSSR count). The highest BCUT2D eigenvalue weighted by molar-refractivity contribution is 6.19. The summed E-state index contributed by atoms with van der Waals surface area (Å²) in [7, 11) is 0. The van der Waals surface area contributed by atoms with E-state index in [0.29, 0.717) is 12.2 Å². The van der Waals surface area contributed by atoms with Crippen LogP contribution in [0, 0.1) is 0 Å². The molecule has 0 atom stereocenters. The standard InChI is InChI=1S/C16H14N2O2/c19-15-12-17(11-13-7-3-1-4-8-13)16(20)18(15)14-9-5-2-6-10-14/h1-10H,11-12H2. The first-order valence-electron chi connectivity index (χ1n) is 6.46. The van der Waals surface area contributed by atoms with Crippen LogP contribution in [-0.2, 0) is 11.3 Å². The average molecular weight is 266 g/mol. The van der Waals surface area contributed by atoms with Crippen molar-refractivity contribution >= 4 is 17.6 Å². The van der Waals surface area contributed by atoms with Crippen molar-refractivity contribution in [3.05, 3.63) is 66.2 Å². The Bertz CT molecular complexity index is 625. The topological polar surface area (TPSA) is 40.6 Å². The molecule has 0 aliphatic carbocycles. The Labute approximate surface area is 117 Å². The van der Waals surface area contributed by atoms with Gasteiger partial charge in [0.1, 0.15) is 6.54 Å². The third-order valence-corrected chi connectivity index (χ3v) is 3.27. The summed E-state index contributed by atoms with van der Waals surface area (Å²) in [5, 5.41) is 0. The summed E-state index contributed by atoms with van der Waals surface area (Å²) >= 11 is 0. The minimum Gasteiger partial charge on any atom is -0.310 e. The van der Waals surface area contributed by atoms with Crippen LogP contribution in [0.5, 0.6) is 0 Å². The van der Waals surface area contributed by atoms with E-state index in [2.05, 4.69) is 0 Å². The lowest BCUT2D eigenvalue weighted by atomic mass is 10.2. The normalized spacial score (nSPS) is 15.0. The molecule has 0 unspecified atom stereocenters. The van der Waals surface area contributed by atoms with Crippen LogP contribution in [0.15, 0.2) is 60.7 Å². The van der Waals surface area contributed by atoms with Crippen LogP contribution >= 0.6 is 0 Å². The van der Waals surface area contributed by atoms with Gasteiger partial charge in [-0.15, -0.1) is 0 Å². The predicted octanol–water partition coefficient (Wildman–Crippen LogP) is 2.66. The van der Waals surface area contributed by atoms with E-state index in [1.165, 1.54) is 4.90 Å². The first kappa shape index (κ1) is 12.4. The number of imide groups is 1. The molecule has 1 saturated heterocycles. The summed E-state index contributed by atoms with van der Waals surface area (Å²) in [4.78, 5) is 27.2. The molecule has 0 spiro atoms. The molecule has 2 aromatic carbocycles. The Balaban J connectivity index is 1.81. The molecule has 0 bridgehead atoms. The number of hydrogen-bond donors (Lipinski definition) is 0. The van der Waals surface area contributed by atoms with E-state index < -0.39 is 0 Å². The highest BCUT2D eigenvalue weighted by Gasteiger charge is 2.36. The Morgan fingerprint density at radius 3 is 2.10 bits per heavy atom. The van der Waals surface area contributed by atoms with Gasteiger partial charge in [-0.3, -0.25) is 4.79 Å². The zero-order chi connectivity index (χ0) is 13.9. The number of urea groups is 1. The van der Waals surface area contributed by atoms with E-state index in [1.807, 2.05) is 48.5 Å². The zero-order valence-electron chi connectivity index (χ0n) is 10.9. The smallest absolute Gasteiger partial charge is 0.310 e. The fourth-order valence-electron chi connectivity index (χ4n) is 2.31. The first-order valence-corrected chi connectivity index (χ1v) is 6.46. The predicted molar refractivity (Wildman–Crippen MR) is 76.2 cm³/mol. The first-order chi connectivity index (χ1) is 9.75. The van der Waals surface area contributed by atoms with Gasteiger partial charge in [-0.05, 0) is 17.7 Å². The van der Waals surface area contributed by atoms with E-state index in [1.54, 1.807) is 17.0 Å². The van der Waals surface area contributed by atoms with E-state index in [9.17, 15) is 9.59 Å². The molecule has 1 fully saturated rings. The van der Waals surface area contributed by atoms with Crippen molar-refractivity contribution in [1.29, 1.82) is 0 Å². The van der Waals surface area contributed by atoms with Gasteiger partial charge < -0.3 is 4.90 Å². The molecule has 1 aliphatic rings. The Hall–Kier alpha value is -2.62. The third-order valence-electron chi connectivity index (χ3n) is 3.27. The molecule has 1 aliphatic heterocycles. The van der Waals surface area contributed by atoms with Crippen molar-refractivity contribution in [1.82, 2.24) is 4.90 Å². The second-order valence-corrected chi connectivity index (χ2v) is 4.69. The largest absolute Gasteiger partial charge is 0.332 e. The van der Waals surface area contributed by atoms with Gasteiger partial charge in [0.05, 0.1) is 5.69 Å². The molecule has 2 aromatic rings. The van der Waals surface area contributed by atoms with Crippen molar-refractivity contribution in [2.45, 2.75) is 6.54 Å². The molecule has 100 valence electrons. The monoisotopic (exact) mass is 266 g/mol. The summed E-state index contributed by atoms with van der Waals surface area (Å²) in [5.41, 5.74) is 1.64. The SMILES string of the molecule is O=C1CN(Cc2ccccc2)C(=O)N1c1ccccc1. The number of nitrogens with zero attached hydrogens (tertiary/aromatic N) is 2. The minimum absolute atomic E-state index is 0.128. The van der Waals surface area contributed by atoms with Crippen LogP contribution in [0.4, 0.5) is 10.5 Å². The fourth-order valence-corrected chi connectivity index (χ4v) is 2.31. The minimum atomic E-state index is -0.259. The average Bonchev–Trinajstić information content (AvgIpc) is 2.75. The molecule has 0 radical (unpaired) electrons. The van der Waals surface area contributed by atoms with Crippen LogP contribution in [0.2, 0.25) is 0 Å². The van der Waals surface area contributed by atoms with Crippen molar-refractivity contribution in [2.24, 2.45) is 0 Å². The quantitative estimate of drug-likeness (QED) is 0.801. The molecular formula is C16H14N2O2. The van der Waals surface area contributed by atoms with E-state index >= 15 is 0 Å². The number of rotatable bonds is 3. The van der Waals surface area contributed by atoms with E-state index in [-0.39, 0.29) is 18.5 Å². The summed E-state index contributed by atoms with van der Waals surface area (Å²) < 4.78 is 0. The molecule has 3 amide bonds. The van der Waals surface area contributed by atoms with Crippen molar-refractivity contribution in [2.75, 3.05) is 11.4 Å². The van der Waals surface area contributed by atoms with Gasteiger partial charge in [-0.25, -0.2) is 9.69 Å². The summed E-state index contributed by atoms with van der Waals surface area (Å²) in [6.07, 6.45) is 0. The van der Waals surface area contributed by atoms with Gasteiger partial charge >= 0.3 is 6.03 Å². The van der Waals surface area contributed by atoms with Crippen LogP contribution in [-0.4, -0.2) is 23.4 Å². The fraction of sp³-hybridized carbons (Fsp3) is 0.125. The number of carbonyl (C=O) groups excluding carboxylic acids is 2. The maximum absolute atomic E-state index is 12.4. The lowest BCUT2D eigenvalue weighted by Gasteiger charge is -2.17. The molecule has 20 heavy (non-hydrogen) atoms. The molecular weight excluding hydrogens is 252 g/mol. The second kappa shape index (κ2) is 5.17. The van der Waals surface area contributed by atoms with E-state index in [0.717, 1.165) is 5.56 Å². The van der Waals surface area contributed by atoms with Crippen LogP contribution < -0.4 is 4.90 Å². The second-order valence-electron chi connectivity index (χ2n) is 4.69. The Morgan fingerprint density at radius 2 is 1.45 bits per heavy atom. The molecule has 1 heterocycles. The molecule has 0 aromatic heterocycles. The number of amides is 3. The maximum atomic E-state index is 12.4. The summed E-state index contributed by atoms with van der Waals surface area (Å²) in [5.74, 6) is -0.183. The van der Waals surface area contributed by atoms with Gasteiger partial charge in [0, 0.05) is 6.54 Å². The van der Waals surface area contributed by atoms with Gasteiger partial charge in [0.2, 0.25) is 0 Å². The lowest BCUT2D eigenvalue weighted by Crippen LogP contribution is -2.32. The van der Waals surface area contributed by atoms with Gasteiger partial charge in [0.15, 0.2) is 0 Å². The number of anilines is 1. The molecule has 0 saturated carbocycles. The molecule has 0 N–H and O–H groups in total. The number of benzene rings is 2. The summed E-state index contributed by atoms with van der Waals surface area (Å²) in [6, 6.07) is 18.4. The van der Waals surface area contributed by atoms with Crippen LogP contribution in [0.1, 0.15) is 5.56 Å². The molecule has 4 nitrogen and oxygen atoms in total. The number of para-hydroxylation sites is 1. The van der Waals surface area contributed by atoms with Crippen molar-refractivity contribution in [3.63, 3.8) is 0 Å². The zero-order valence-corrected chi connectivity index (χ0v) is 10.9. The van der Waals surface area contributed by atoms with Crippen LogP contribution in [0.25, 0.3) is 0 Å². The lowest BCUT2D eigenvalue weighted by molar-refractivity contribution is -0.116. The van der Waals surface area contributed by atoms with Crippen LogP contribution in [0.3, 0.4) is 0 Å². The van der Waals surface area contributed by atoms with Crippen molar-refractivity contribution < 1.29 is 9.59 Å². The Kier molecular flexibility index (Phi) is 3.21. The third kappa shape index (κ3) is 2.28. The highest BCUT2D eigenvalue weighted by atomic mass is 16.2. The summed E-state index contributed by atoms with van der Waals surface area (Å²) in [6.45, 7) is 0.581. The number of carbonyl (C=O) groups is 2. The van der Waals surface area contributed by atoms with Gasteiger partial charge in [0.25, 0.3) is 5.91 Å². The van der Waals surface area contributed by atoms with Gasteiger partial charge in [-0.2, -0.15) is 0 Å². The number of hydrogen-bond acceptors (Lipinski definition) is 2.